The summed E-state index contributed by atoms with van der Waals surface area (Å²) in [6.07, 6.45) is 4.51. The van der Waals surface area contributed by atoms with Crippen molar-refractivity contribution in [1.82, 2.24) is 5.32 Å². The number of nitrogens with one attached hydrogen (secondary N) is 1. The number of halogens is 2. The van der Waals surface area contributed by atoms with Crippen LogP contribution in [0.1, 0.15) is 43.0 Å². The van der Waals surface area contributed by atoms with Crippen LogP contribution in [0.5, 0.6) is 0 Å². The highest BCUT2D eigenvalue weighted by Gasteiger charge is 2.35. The topological polar surface area (TPSA) is 29.1 Å². The second-order valence-corrected chi connectivity index (χ2v) is 7.25. The molecule has 4 heteroatoms. The minimum absolute atomic E-state index is 0.0546. The van der Waals surface area contributed by atoms with Gasteiger partial charge in [-0.2, -0.15) is 0 Å². The van der Waals surface area contributed by atoms with Gasteiger partial charge in [-0.3, -0.25) is 4.79 Å². The molecule has 1 aromatic carbocycles. The third kappa shape index (κ3) is 3.72. The Morgan fingerprint density at radius 3 is 2.63 bits per heavy atom. The van der Waals surface area contributed by atoms with Gasteiger partial charge in [0.1, 0.15) is 0 Å². The molecule has 104 valence electrons. The number of carbonyl (C=O) groups is 1. The molecule has 0 aromatic heterocycles. The van der Waals surface area contributed by atoms with Crippen LogP contribution in [0.2, 0.25) is 0 Å². The normalized spacial score (nSPS) is 27.0. The second kappa shape index (κ2) is 6.57. The summed E-state index contributed by atoms with van der Waals surface area (Å²) in [5.41, 5.74) is 0.713. The van der Waals surface area contributed by atoms with Gasteiger partial charge >= 0.3 is 0 Å². The van der Waals surface area contributed by atoms with E-state index in [2.05, 4.69) is 50.8 Å². The summed E-state index contributed by atoms with van der Waals surface area (Å²) < 4.78 is 1.01. The molecule has 1 aliphatic rings. The van der Waals surface area contributed by atoms with E-state index in [-0.39, 0.29) is 11.4 Å². The fourth-order valence-corrected chi connectivity index (χ4v) is 3.89. The highest BCUT2D eigenvalue weighted by atomic mass is 127. The summed E-state index contributed by atoms with van der Waals surface area (Å²) in [7, 11) is 0. The van der Waals surface area contributed by atoms with Crippen LogP contribution in [-0.4, -0.2) is 16.8 Å². The van der Waals surface area contributed by atoms with Crippen LogP contribution < -0.4 is 5.32 Å². The average molecular weight is 436 g/mol. The van der Waals surface area contributed by atoms with E-state index in [1.54, 1.807) is 0 Å². The van der Waals surface area contributed by atoms with Crippen molar-refractivity contribution in [2.24, 2.45) is 5.92 Å². The van der Waals surface area contributed by atoms with Crippen molar-refractivity contribution in [3.63, 3.8) is 0 Å². The van der Waals surface area contributed by atoms with Crippen molar-refractivity contribution < 1.29 is 4.79 Å². The molecule has 0 atom stereocenters. The standard InChI is InChI=1S/C15H19BrINO/c1-11-6-8-15(10-16,9-7-11)18-14(19)12-4-2-3-5-13(12)17/h2-5,11H,6-10H2,1H3,(H,18,19). The summed E-state index contributed by atoms with van der Waals surface area (Å²) in [5, 5.41) is 4.10. The van der Waals surface area contributed by atoms with Gasteiger partial charge in [0.25, 0.3) is 5.91 Å². The fourth-order valence-electron chi connectivity index (χ4n) is 2.56. The van der Waals surface area contributed by atoms with E-state index in [1.807, 2.05) is 24.3 Å². The van der Waals surface area contributed by atoms with E-state index in [0.29, 0.717) is 0 Å². The van der Waals surface area contributed by atoms with Crippen LogP contribution in [0.4, 0.5) is 0 Å². The van der Waals surface area contributed by atoms with E-state index in [1.165, 1.54) is 12.8 Å². The Labute approximate surface area is 137 Å². The highest BCUT2D eigenvalue weighted by molar-refractivity contribution is 14.1. The number of benzene rings is 1. The van der Waals surface area contributed by atoms with Crippen molar-refractivity contribution in [3.8, 4) is 0 Å². The van der Waals surface area contributed by atoms with Crippen LogP contribution in [0.25, 0.3) is 0 Å². The first-order chi connectivity index (χ1) is 9.06. The molecule has 0 unspecified atom stereocenters. The van der Waals surface area contributed by atoms with Crippen molar-refractivity contribution in [1.29, 1.82) is 0 Å². The molecule has 1 fully saturated rings. The monoisotopic (exact) mass is 435 g/mol. The van der Waals surface area contributed by atoms with Gasteiger partial charge in [0, 0.05) is 8.90 Å². The molecule has 2 nitrogen and oxygen atoms in total. The first kappa shape index (κ1) is 15.3. The molecule has 0 radical (unpaired) electrons. The quantitative estimate of drug-likeness (QED) is 0.554. The molecule has 1 aromatic rings. The summed E-state index contributed by atoms with van der Waals surface area (Å²) >= 11 is 5.81. The Balaban J connectivity index is 2.11. The van der Waals surface area contributed by atoms with E-state index >= 15 is 0 Å². The maximum absolute atomic E-state index is 12.4. The molecule has 0 saturated heterocycles. The van der Waals surface area contributed by atoms with E-state index < -0.39 is 0 Å². The predicted molar refractivity (Wildman–Crippen MR) is 90.8 cm³/mol. The molecule has 0 aliphatic heterocycles. The molecule has 1 aliphatic carbocycles. The summed E-state index contributed by atoms with van der Waals surface area (Å²) in [6, 6.07) is 7.74. The first-order valence-corrected chi connectivity index (χ1v) is 8.89. The van der Waals surface area contributed by atoms with Gasteiger partial charge < -0.3 is 5.32 Å². The third-order valence-electron chi connectivity index (χ3n) is 3.98. The molecule has 19 heavy (non-hydrogen) atoms. The van der Waals surface area contributed by atoms with Gasteiger partial charge in [0.15, 0.2) is 0 Å². The zero-order valence-corrected chi connectivity index (χ0v) is 14.8. The Hall–Kier alpha value is -0.100. The number of hydrogen-bond acceptors (Lipinski definition) is 1. The lowest BCUT2D eigenvalue weighted by Gasteiger charge is -2.39. The van der Waals surface area contributed by atoms with Crippen LogP contribution in [-0.2, 0) is 0 Å². The van der Waals surface area contributed by atoms with Gasteiger partial charge in [0.2, 0.25) is 0 Å². The van der Waals surface area contributed by atoms with Crippen molar-refractivity contribution >= 4 is 44.4 Å². The first-order valence-electron chi connectivity index (χ1n) is 6.69. The maximum Gasteiger partial charge on any atom is 0.252 e. The SMILES string of the molecule is CC1CCC(CBr)(NC(=O)c2ccccc2I)CC1. The number of hydrogen-bond donors (Lipinski definition) is 1. The van der Waals surface area contributed by atoms with E-state index in [4.69, 9.17) is 0 Å². The van der Waals surface area contributed by atoms with E-state index in [9.17, 15) is 4.79 Å². The predicted octanol–water partition coefficient (Wildman–Crippen LogP) is 4.36. The summed E-state index contributed by atoms with van der Waals surface area (Å²) in [5.74, 6) is 0.833. The largest absolute Gasteiger partial charge is 0.346 e. The lowest BCUT2D eigenvalue weighted by atomic mass is 9.78. The zero-order valence-electron chi connectivity index (χ0n) is 11.1. The molecular formula is C15H19BrINO. The maximum atomic E-state index is 12.4. The van der Waals surface area contributed by atoms with Crippen LogP contribution >= 0.6 is 38.5 Å². The second-order valence-electron chi connectivity index (χ2n) is 5.53. The highest BCUT2D eigenvalue weighted by Crippen LogP contribution is 2.33. The minimum atomic E-state index is -0.0669. The Bertz CT molecular complexity index is 455. The summed E-state index contributed by atoms with van der Waals surface area (Å²) in [6.45, 7) is 2.29. The van der Waals surface area contributed by atoms with Crippen LogP contribution in [0.15, 0.2) is 24.3 Å². The number of carbonyl (C=O) groups excluding carboxylic acids is 1. The molecule has 1 N–H and O–H groups in total. The minimum Gasteiger partial charge on any atom is -0.346 e. The fraction of sp³-hybridized carbons (Fsp3) is 0.533. The van der Waals surface area contributed by atoms with Crippen molar-refractivity contribution in [3.05, 3.63) is 33.4 Å². The molecule has 1 saturated carbocycles. The van der Waals surface area contributed by atoms with Crippen LogP contribution in [0.3, 0.4) is 0 Å². The van der Waals surface area contributed by atoms with Gasteiger partial charge in [-0.05, 0) is 66.3 Å². The number of alkyl halides is 1. The number of amides is 1. The Morgan fingerprint density at radius 1 is 1.42 bits per heavy atom. The molecule has 0 heterocycles. The zero-order chi connectivity index (χ0) is 13.9. The van der Waals surface area contributed by atoms with Gasteiger partial charge in [-0.1, -0.05) is 35.0 Å². The molecular weight excluding hydrogens is 417 g/mol. The third-order valence-corrected chi connectivity index (χ3v) is 6.00. The van der Waals surface area contributed by atoms with E-state index in [0.717, 1.165) is 33.2 Å². The molecule has 1 amide bonds. The average Bonchev–Trinajstić information content (AvgIpc) is 2.42. The lowest BCUT2D eigenvalue weighted by Crippen LogP contribution is -2.52. The van der Waals surface area contributed by atoms with Crippen LogP contribution in [0, 0.1) is 9.49 Å². The Kier molecular flexibility index (Phi) is 5.29. The smallest absolute Gasteiger partial charge is 0.252 e. The summed E-state index contributed by atoms with van der Waals surface area (Å²) in [4.78, 5) is 12.4. The molecule has 0 bridgehead atoms. The van der Waals surface area contributed by atoms with Gasteiger partial charge in [0.05, 0.1) is 11.1 Å². The molecule has 2 rings (SSSR count). The number of rotatable bonds is 3. The van der Waals surface area contributed by atoms with Gasteiger partial charge in [-0.25, -0.2) is 0 Å². The van der Waals surface area contributed by atoms with Crippen molar-refractivity contribution in [2.45, 2.75) is 38.1 Å². The van der Waals surface area contributed by atoms with Crippen molar-refractivity contribution in [2.75, 3.05) is 5.33 Å². The van der Waals surface area contributed by atoms with Gasteiger partial charge in [-0.15, -0.1) is 0 Å². The lowest BCUT2D eigenvalue weighted by molar-refractivity contribution is 0.0873. The Morgan fingerprint density at radius 2 is 2.05 bits per heavy atom. The molecule has 0 spiro atoms.